The highest BCUT2D eigenvalue weighted by atomic mass is 14.6. The lowest BCUT2D eigenvalue weighted by Gasteiger charge is -2.12. The van der Waals surface area contributed by atoms with Crippen LogP contribution in [0.4, 0.5) is 0 Å². The Bertz CT molecular complexity index is 289. The molecule has 15 heavy (non-hydrogen) atoms. The minimum absolute atomic E-state index is 0.262. The van der Waals surface area contributed by atoms with Gasteiger partial charge in [-0.05, 0) is 31.2 Å². The Morgan fingerprint density at radius 1 is 1.33 bits per heavy atom. The molecule has 1 aromatic carbocycles. The normalized spacial score (nSPS) is 12.4. The van der Waals surface area contributed by atoms with Crippen molar-refractivity contribution in [3.8, 4) is 0 Å². The Balaban J connectivity index is 2.28. The second-order valence-corrected chi connectivity index (χ2v) is 4.09. The molecule has 1 rings (SSSR count). The Morgan fingerprint density at radius 2 is 2.00 bits per heavy atom. The van der Waals surface area contributed by atoms with E-state index in [1.54, 1.807) is 0 Å². The van der Waals surface area contributed by atoms with Crippen LogP contribution in [0, 0.1) is 0 Å². The summed E-state index contributed by atoms with van der Waals surface area (Å²) in [5.74, 6) is 0. The van der Waals surface area contributed by atoms with E-state index in [-0.39, 0.29) is 6.04 Å². The van der Waals surface area contributed by atoms with Crippen molar-refractivity contribution in [2.75, 3.05) is 0 Å². The van der Waals surface area contributed by atoms with Crippen molar-refractivity contribution in [3.05, 3.63) is 48.0 Å². The number of rotatable bonds is 6. The molecule has 0 saturated carbocycles. The first-order valence-electron chi connectivity index (χ1n) is 5.68. The van der Waals surface area contributed by atoms with Crippen LogP contribution in [0.2, 0.25) is 0 Å². The molecular weight excluding hydrogens is 182 g/mol. The summed E-state index contributed by atoms with van der Waals surface area (Å²) in [6.45, 7) is 6.12. The van der Waals surface area contributed by atoms with Gasteiger partial charge in [-0.25, -0.2) is 0 Å². The molecule has 82 valence electrons. The van der Waals surface area contributed by atoms with Gasteiger partial charge in [0.05, 0.1) is 0 Å². The lowest BCUT2D eigenvalue weighted by atomic mass is 9.99. The number of hydrogen-bond donors (Lipinski definition) is 1. The molecule has 0 spiro atoms. The van der Waals surface area contributed by atoms with Gasteiger partial charge >= 0.3 is 0 Å². The third-order valence-electron chi connectivity index (χ3n) is 2.70. The summed E-state index contributed by atoms with van der Waals surface area (Å²) in [6.07, 6.45) is 4.12. The Morgan fingerprint density at radius 3 is 2.60 bits per heavy atom. The van der Waals surface area contributed by atoms with Crippen LogP contribution in [0.25, 0.3) is 0 Å². The molecule has 1 atom stereocenters. The maximum absolute atomic E-state index is 6.04. The second-order valence-electron chi connectivity index (χ2n) is 4.09. The molecule has 0 radical (unpaired) electrons. The van der Waals surface area contributed by atoms with Gasteiger partial charge in [-0.3, -0.25) is 0 Å². The minimum atomic E-state index is 0.262. The maximum Gasteiger partial charge on any atom is 0.00791 e. The van der Waals surface area contributed by atoms with E-state index in [1.807, 2.05) is 6.07 Å². The molecule has 0 aliphatic rings. The zero-order valence-electron chi connectivity index (χ0n) is 9.58. The van der Waals surface area contributed by atoms with E-state index in [0.29, 0.717) is 0 Å². The van der Waals surface area contributed by atoms with Gasteiger partial charge in [0, 0.05) is 6.04 Å². The average molecular weight is 203 g/mol. The number of hydrogen-bond acceptors (Lipinski definition) is 1. The van der Waals surface area contributed by atoms with Crippen molar-refractivity contribution < 1.29 is 0 Å². The summed E-state index contributed by atoms with van der Waals surface area (Å²) in [6, 6.07) is 10.8. The van der Waals surface area contributed by atoms with Gasteiger partial charge in [-0.1, -0.05) is 49.4 Å². The average Bonchev–Trinajstić information content (AvgIpc) is 2.27. The van der Waals surface area contributed by atoms with Crippen LogP contribution in [0.15, 0.2) is 42.5 Å². The molecular formula is C14H21N. The van der Waals surface area contributed by atoms with Crippen LogP contribution in [0.5, 0.6) is 0 Å². The lowest BCUT2D eigenvalue weighted by molar-refractivity contribution is 0.601. The highest BCUT2D eigenvalue weighted by Gasteiger charge is 2.04. The van der Waals surface area contributed by atoms with Gasteiger partial charge in [0.15, 0.2) is 0 Å². The fourth-order valence-electron chi connectivity index (χ4n) is 1.61. The fraction of sp³-hybridized carbons (Fsp3) is 0.429. The van der Waals surface area contributed by atoms with Gasteiger partial charge in [-0.15, -0.1) is 0 Å². The molecule has 1 aromatic rings. The zero-order valence-corrected chi connectivity index (χ0v) is 9.58. The predicted octanol–water partition coefficient (Wildman–Crippen LogP) is 3.30. The summed E-state index contributed by atoms with van der Waals surface area (Å²) < 4.78 is 0. The fourth-order valence-corrected chi connectivity index (χ4v) is 1.61. The van der Waals surface area contributed by atoms with Gasteiger partial charge in [-0.2, -0.15) is 0 Å². The van der Waals surface area contributed by atoms with Crippen LogP contribution >= 0.6 is 0 Å². The third-order valence-corrected chi connectivity index (χ3v) is 2.70. The first kappa shape index (κ1) is 12.0. The van der Waals surface area contributed by atoms with E-state index in [0.717, 1.165) is 25.7 Å². The first-order chi connectivity index (χ1) is 7.22. The Labute approximate surface area is 93.0 Å². The standard InChI is InChI=1S/C14H21N/c1-3-12(2)11-14(15)10-9-13-7-5-4-6-8-13/h4-8,14H,2-3,9-11,15H2,1H3. The first-order valence-corrected chi connectivity index (χ1v) is 5.68. The molecule has 0 fully saturated rings. The van der Waals surface area contributed by atoms with Crippen molar-refractivity contribution in [1.29, 1.82) is 0 Å². The van der Waals surface area contributed by atoms with Crippen molar-refractivity contribution >= 4 is 0 Å². The molecule has 1 heteroatoms. The molecule has 2 N–H and O–H groups in total. The summed E-state index contributed by atoms with van der Waals surface area (Å²) in [4.78, 5) is 0. The molecule has 0 bridgehead atoms. The molecule has 1 unspecified atom stereocenters. The van der Waals surface area contributed by atoms with Crippen molar-refractivity contribution in [1.82, 2.24) is 0 Å². The molecule has 0 aliphatic heterocycles. The Hall–Kier alpha value is -1.08. The molecule has 0 saturated heterocycles. The van der Waals surface area contributed by atoms with E-state index in [9.17, 15) is 0 Å². The van der Waals surface area contributed by atoms with Crippen molar-refractivity contribution in [2.24, 2.45) is 5.73 Å². The van der Waals surface area contributed by atoms with Crippen LogP contribution in [0.3, 0.4) is 0 Å². The van der Waals surface area contributed by atoms with Gasteiger partial charge in [0.2, 0.25) is 0 Å². The largest absolute Gasteiger partial charge is 0.327 e. The number of nitrogens with two attached hydrogens (primary N) is 1. The van der Waals surface area contributed by atoms with Gasteiger partial charge in [0.25, 0.3) is 0 Å². The Kier molecular flexibility index (Phi) is 5.13. The molecule has 0 aliphatic carbocycles. The maximum atomic E-state index is 6.04. The summed E-state index contributed by atoms with van der Waals surface area (Å²) in [7, 11) is 0. The van der Waals surface area contributed by atoms with Gasteiger partial charge in [0.1, 0.15) is 0 Å². The highest BCUT2D eigenvalue weighted by molar-refractivity contribution is 5.14. The van der Waals surface area contributed by atoms with E-state index in [4.69, 9.17) is 5.73 Å². The topological polar surface area (TPSA) is 26.0 Å². The summed E-state index contributed by atoms with van der Waals surface area (Å²) in [5, 5.41) is 0. The highest BCUT2D eigenvalue weighted by Crippen LogP contribution is 2.11. The van der Waals surface area contributed by atoms with E-state index in [1.165, 1.54) is 11.1 Å². The lowest BCUT2D eigenvalue weighted by Crippen LogP contribution is -2.21. The predicted molar refractivity (Wildman–Crippen MR) is 66.8 cm³/mol. The monoisotopic (exact) mass is 203 g/mol. The zero-order chi connectivity index (χ0) is 11.1. The molecule has 0 amide bonds. The van der Waals surface area contributed by atoms with Crippen LogP contribution in [0.1, 0.15) is 31.7 Å². The van der Waals surface area contributed by atoms with E-state index < -0.39 is 0 Å². The number of aryl methyl sites for hydroxylation is 1. The van der Waals surface area contributed by atoms with Crippen LogP contribution < -0.4 is 5.73 Å². The third kappa shape index (κ3) is 4.80. The second kappa shape index (κ2) is 6.41. The minimum Gasteiger partial charge on any atom is -0.327 e. The smallest absolute Gasteiger partial charge is 0.00791 e. The molecule has 1 nitrogen and oxygen atoms in total. The summed E-state index contributed by atoms with van der Waals surface area (Å²) >= 11 is 0. The van der Waals surface area contributed by atoms with Crippen LogP contribution in [-0.4, -0.2) is 6.04 Å². The number of benzene rings is 1. The van der Waals surface area contributed by atoms with Crippen LogP contribution in [-0.2, 0) is 6.42 Å². The molecule has 0 heterocycles. The molecule has 0 aromatic heterocycles. The van der Waals surface area contributed by atoms with E-state index in [2.05, 4.69) is 37.8 Å². The quantitative estimate of drug-likeness (QED) is 0.705. The summed E-state index contributed by atoms with van der Waals surface area (Å²) in [5.41, 5.74) is 8.67. The van der Waals surface area contributed by atoms with Gasteiger partial charge < -0.3 is 5.73 Å². The SMILES string of the molecule is C=C(CC)CC(N)CCc1ccccc1. The van der Waals surface area contributed by atoms with Crippen molar-refractivity contribution in [2.45, 2.75) is 38.6 Å². The van der Waals surface area contributed by atoms with E-state index >= 15 is 0 Å². The van der Waals surface area contributed by atoms with Crippen molar-refractivity contribution in [3.63, 3.8) is 0 Å².